The number of hydrogen-bond acceptors (Lipinski definition) is 5. The van der Waals surface area contributed by atoms with Gasteiger partial charge in [0.1, 0.15) is 0 Å². The molecule has 1 saturated carbocycles. The number of esters is 1. The molecule has 0 bridgehead atoms. The van der Waals surface area contributed by atoms with Crippen molar-refractivity contribution in [1.82, 2.24) is 10.2 Å². The predicted molar refractivity (Wildman–Crippen MR) is 85.6 cm³/mol. The molecule has 24 heavy (non-hydrogen) atoms. The lowest BCUT2D eigenvalue weighted by molar-refractivity contribution is -0.150. The number of hydrogen-bond donors (Lipinski definition) is 1. The number of rotatable bonds is 6. The first-order chi connectivity index (χ1) is 11.4. The Kier molecular flexibility index (Phi) is 6.34. The van der Waals surface area contributed by atoms with E-state index in [4.69, 9.17) is 4.74 Å². The molecule has 1 heterocycles. The first-order valence-electron chi connectivity index (χ1n) is 8.66. The van der Waals surface area contributed by atoms with Gasteiger partial charge in [-0.05, 0) is 18.3 Å². The van der Waals surface area contributed by atoms with Gasteiger partial charge in [-0.25, -0.2) is 0 Å². The highest BCUT2D eigenvalue weighted by Crippen LogP contribution is 2.29. The summed E-state index contributed by atoms with van der Waals surface area (Å²) in [4.78, 5) is 47.5. The van der Waals surface area contributed by atoms with Crippen LogP contribution in [0.5, 0.6) is 0 Å². The van der Waals surface area contributed by atoms with Crippen molar-refractivity contribution in [1.29, 1.82) is 0 Å². The summed E-state index contributed by atoms with van der Waals surface area (Å²) in [5.74, 6) is -0.421. The lowest BCUT2D eigenvalue weighted by Crippen LogP contribution is -2.45. The highest BCUT2D eigenvalue weighted by Gasteiger charge is 2.30. The molecule has 3 atom stereocenters. The summed E-state index contributed by atoms with van der Waals surface area (Å²) in [7, 11) is 0. The fourth-order valence-corrected chi connectivity index (χ4v) is 3.33. The minimum Gasteiger partial charge on any atom is -0.456 e. The molecule has 7 nitrogen and oxygen atoms in total. The van der Waals surface area contributed by atoms with E-state index in [0.29, 0.717) is 11.8 Å². The van der Waals surface area contributed by atoms with Crippen LogP contribution in [0.25, 0.3) is 0 Å². The second-order valence-corrected chi connectivity index (χ2v) is 6.79. The van der Waals surface area contributed by atoms with Crippen LogP contribution in [-0.2, 0) is 23.9 Å². The zero-order chi connectivity index (χ0) is 17.7. The third kappa shape index (κ3) is 4.79. The summed E-state index contributed by atoms with van der Waals surface area (Å²) in [6, 6.07) is 0.125. The summed E-state index contributed by atoms with van der Waals surface area (Å²) in [6.45, 7) is 4.02. The van der Waals surface area contributed by atoms with Crippen LogP contribution in [0.2, 0.25) is 0 Å². The summed E-state index contributed by atoms with van der Waals surface area (Å²) in [5, 5.41) is 2.93. The maximum atomic E-state index is 11.9. The second kappa shape index (κ2) is 8.26. The summed E-state index contributed by atoms with van der Waals surface area (Å²) >= 11 is 0. The quantitative estimate of drug-likeness (QED) is 0.576. The minimum absolute atomic E-state index is 0.0231. The summed E-state index contributed by atoms with van der Waals surface area (Å²) in [5.41, 5.74) is 0. The van der Waals surface area contributed by atoms with Crippen LogP contribution in [0.4, 0.5) is 0 Å². The Morgan fingerprint density at radius 2 is 1.83 bits per heavy atom. The number of carbonyl (C=O) groups is 4. The first-order valence-corrected chi connectivity index (χ1v) is 8.66. The van der Waals surface area contributed by atoms with Crippen molar-refractivity contribution >= 4 is 23.7 Å². The molecule has 0 aromatic rings. The molecule has 0 unspecified atom stereocenters. The highest BCUT2D eigenvalue weighted by atomic mass is 16.5. The Morgan fingerprint density at radius 3 is 2.50 bits per heavy atom. The molecule has 7 heteroatoms. The normalized spacial score (nSPS) is 27.2. The number of imide groups is 1. The molecule has 0 spiro atoms. The molecule has 2 fully saturated rings. The lowest BCUT2D eigenvalue weighted by Gasteiger charge is -2.34. The van der Waals surface area contributed by atoms with Gasteiger partial charge in [0.05, 0.1) is 6.42 Å². The van der Waals surface area contributed by atoms with E-state index in [1.807, 2.05) is 0 Å². The maximum absolute atomic E-state index is 11.9. The standard InChI is InChI=1S/C17H26N2O5/c1-11-4-3-5-13(12(11)2)18-14(20)10-24-17(23)8-9-19-15(21)6-7-16(19)22/h11-13H,3-10H2,1-2H3,(H,18,20)/t11-,12+,13-/m1/s1. The maximum Gasteiger partial charge on any atom is 0.308 e. The third-order valence-electron chi connectivity index (χ3n) is 5.11. The van der Waals surface area contributed by atoms with E-state index in [1.165, 1.54) is 6.42 Å². The molecule has 2 aliphatic rings. The predicted octanol–water partition coefficient (Wildman–Crippen LogP) is 1.01. The van der Waals surface area contributed by atoms with Gasteiger partial charge in [0.25, 0.3) is 5.91 Å². The fraction of sp³-hybridized carbons (Fsp3) is 0.765. The third-order valence-corrected chi connectivity index (χ3v) is 5.11. The van der Waals surface area contributed by atoms with Crippen molar-refractivity contribution in [3.63, 3.8) is 0 Å². The fourth-order valence-electron chi connectivity index (χ4n) is 3.33. The van der Waals surface area contributed by atoms with E-state index < -0.39 is 5.97 Å². The van der Waals surface area contributed by atoms with Crippen LogP contribution in [0.1, 0.15) is 52.4 Å². The number of nitrogens with one attached hydrogen (secondary N) is 1. The summed E-state index contributed by atoms with van der Waals surface area (Å²) in [6.07, 6.45) is 3.54. The highest BCUT2D eigenvalue weighted by molar-refractivity contribution is 6.02. The SMILES string of the molecule is C[C@H]1[C@H](C)CCC[C@H]1NC(=O)COC(=O)CCN1C(=O)CCC1=O. The van der Waals surface area contributed by atoms with Gasteiger partial charge in [0.2, 0.25) is 11.8 Å². The van der Waals surface area contributed by atoms with Crippen LogP contribution >= 0.6 is 0 Å². The zero-order valence-electron chi connectivity index (χ0n) is 14.4. The molecule has 0 aromatic heterocycles. The van der Waals surface area contributed by atoms with E-state index >= 15 is 0 Å². The van der Waals surface area contributed by atoms with Crippen molar-refractivity contribution < 1.29 is 23.9 Å². The molecule has 1 N–H and O–H groups in total. The van der Waals surface area contributed by atoms with E-state index in [1.54, 1.807) is 0 Å². The van der Waals surface area contributed by atoms with Gasteiger partial charge in [0, 0.05) is 25.4 Å². The number of nitrogens with zero attached hydrogens (tertiary/aromatic N) is 1. The topological polar surface area (TPSA) is 92.8 Å². The zero-order valence-corrected chi connectivity index (χ0v) is 14.4. The Hall–Kier alpha value is -1.92. The van der Waals surface area contributed by atoms with Crippen LogP contribution in [0, 0.1) is 11.8 Å². The average molecular weight is 338 g/mol. The van der Waals surface area contributed by atoms with Gasteiger partial charge in [0.15, 0.2) is 6.61 Å². The molecule has 134 valence electrons. The van der Waals surface area contributed by atoms with Gasteiger partial charge in [-0.2, -0.15) is 0 Å². The van der Waals surface area contributed by atoms with Crippen molar-refractivity contribution in [3.05, 3.63) is 0 Å². The van der Waals surface area contributed by atoms with Gasteiger partial charge in [-0.15, -0.1) is 0 Å². The number of likely N-dealkylation sites (tertiary alicyclic amines) is 1. The Balaban J connectivity index is 1.67. The molecule has 3 amide bonds. The van der Waals surface area contributed by atoms with Crippen molar-refractivity contribution in [2.75, 3.05) is 13.2 Å². The molecule has 2 rings (SSSR count). The molecule has 1 saturated heterocycles. The molecular weight excluding hydrogens is 312 g/mol. The first kappa shape index (κ1) is 18.4. The Labute approximate surface area is 142 Å². The molecule has 1 aliphatic carbocycles. The van der Waals surface area contributed by atoms with Crippen LogP contribution in [0.3, 0.4) is 0 Å². The Morgan fingerprint density at radius 1 is 1.17 bits per heavy atom. The number of amides is 3. The number of ether oxygens (including phenoxy) is 1. The molecule has 0 aromatic carbocycles. The van der Waals surface area contributed by atoms with Crippen molar-refractivity contribution in [2.45, 2.75) is 58.4 Å². The van der Waals surface area contributed by atoms with Gasteiger partial charge in [-0.3, -0.25) is 24.1 Å². The number of carbonyl (C=O) groups excluding carboxylic acids is 4. The van der Waals surface area contributed by atoms with Crippen molar-refractivity contribution in [3.8, 4) is 0 Å². The molecular formula is C17H26N2O5. The van der Waals surface area contributed by atoms with Crippen LogP contribution in [-0.4, -0.2) is 47.8 Å². The van der Waals surface area contributed by atoms with E-state index in [9.17, 15) is 19.2 Å². The molecule has 0 radical (unpaired) electrons. The van der Waals surface area contributed by atoms with Gasteiger partial charge < -0.3 is 10.1 Å². The van der Waals surface area contributed by atoms with Crippen molar-refractivity contribution in [2.24, 2.45) is 11.8 Å². The Bertz CT molecular complexity index is 503. The smallest absolute Gasteiger partial charge is 0.308 e. The molecule has 1 aliphatic heterocycles. The summed E-state index contributed by atoms with van der Waals surface area (Å²) < 4.78 is 4.94. The van der Waals surface area contributed by atoms with E-state index in [0.717, 1.165) is 17.7 Å². The lowest BCUT2D eigenvalue weighted by atomic mass is 9.78. The average Bonchev–Trinajstić information content (AvgIpc) is 2.86. The van der Waals surface area contributed by atoms with Crippen LogP contribution < -0.4 is 5.32 Å². The van der Waals surface area contributed by atoms with E-state index in [2.05, 4.69) is 19.2 Å². The van der Waals surface area contributed by atoms with Crippen LogP contribution in [0.15, 0.2) is 0 Å². The second-order valence-electron chi connectivity index (χ2n) is 6.79. The van der Waals surface area contributed by atoms with E-state index in [-0.39, 0.29) is 56.2 Å². The van der Waals surface area contributed by atoms with Gasteiger partial charge >= 0.3 is 5.97 Å². The largest absolute Gasteiger partial charge is 0.456 e. The minimum atomic E-state index is -0.581. The van der Waals surface area contributed by atoms with Gasteiger partial charge in [-0.1, -0.05) is 26.7 Å². The monoisotopic (exact) mass is 338 g/mol.